The number of hydrogen-bond donors (Lipinski definition) is 1. The van der Waals surface area contributed by atoms with E-state index in [9.17, 15) is 26.5 Å². The van der Waals surface area contributed by atoms with Gasteiger partial charge in [-0.15, -0.1) is 0 Å². The van der Waals surface area contributed by atoms with Gasteiger partial charge in [0.1, 0.15) is 10.1 Å². The van der Waals surface area contributed by atoms with Crippen LogP contribution in [0.5, 0.6) is 5.75 Å². The van der Waals surface area contributed by atoms with Crippen molar-refractivity contribution in [2.24, 2.45) is 0 Å². The molecule has 0 aromatic heterocycles. The second-order valence-corrected chi connectivity index (χ2v) is 6.44. The molecule has 0 radical (unpaired) electrons. The Morgan fingerprint density at radius 1 is 0.952 bits per heavy atom. The van der Waals surface area contributed by atoms with Crippen LogP contribution >= 0.6 is 0 Å². The van der Waals surface area contributed by atoms with Gasteiger partial charge in [0.15, 0.2) is 0 Å². The first-order chi connectivity index (χ1) is 8.60. The average Bonchev–Trinajstić information content (AvgIpc) is 2.24. The molecule has 2 aromatic rings. The molecule has 0 saturated heterocycles. The van der Waals surface area contributed by atoms with Gasteiger partial charge in [-0.3, -0.25) is 4.55 Å². The van der Waals surface area contributed by atoms with Crippen molar-refractivity contribution < 1.29 is 134 Å². The van der Waals surface area contributed by atoms with Gasteiger partial charge < -0.3 is 9.66 Å². The Balaban J connectivity index is 0.00000200. The molecule has 0 bridgehead atoms. The first-order valence-corrected chi connectivity index (χ1v) is 7.63. The van der Waals surface area contributed by atoms with E-state index in [0.717, 1.165) is 18.2 Å². The fourth-order valence-corrected chi connectivity index (χ4v) is 2.95. The third-order valence-electron chi connectivity index (χ3n) is 2.45. The van der Waals surface area contributed by atoms with Crippen molar-refractivity contribution in [2.75, 3.05) is 0 Å². The molecule has 0 fully saturated rings. The Hall–Kier alpha value is 1.59. The standard InChI is InChI=1S/C10H8O7S2.2K/c11-9-4-2-6-1-3-7(18(12,13)14)5-8(6)10(9)19(15,16)17;;/h1-5,11H,(H,12,13,14)(H,15,16,17);;/q;2*+1/p-2. The van der Waals surface area contributed by atoms with Crippen LogP contribution in [0.1, 0.15) is 0 Å². The molecule has 0 unspecified atom stereocenters. The largest absolute Gasteiger partial charge is 1.00 e. The van der Waals surface area contributed by atoms with Crippen LogP contribution in [0, 0.1) is 0 Å². The number of rotatable bonds is 2. The molecule has 102 valence electrons. The predicted molar refractivity (Wildman–Crippen MR) is 61.2 cm³/mol. The first kappa shape index (κ1) is 22.6. The summed E-state index contributed by atoms with van der Waals surface area (Å²) in [5.41, 5.74) is 0. The van der Waals surface area contributed by atoms with Crippen LogP contribution in [0.4, 0.5) is 0 Å². The summed E-state index contributed by atoms with van der Waals surface area (Å²) < 4.78 is 64.0. The van der Waals surface area contributed by atoms with E-state index in [2.05, 4.69) is 0 Å². The summed E-state index contributed by atoms with van der Waals surface area (Å²) in [6.07, 6.45) is 0. The third kappa shape index (κ3) is 5.29. The number of hydrogen-bond acceptors (Lipinski definition) is 6. The van der Waals surface area contributed by atoms with Gasteiger partial charge in [0.25, 0.3) is 10.1 Å². The molecule has 1 N–H and O–H groups in total. The van der Waals surface area contributed by atoms with Gasteiger partial charge in [0.2, 0.25) is 0 Å². The summed E-state index contributed by atoms with van der Waals surface area (Å²) in [5.74, 6) is -0.990. The van der Waals surface area contributed by atoms with Crippen LogP contribution in [0.3, 0.4) is 0 Å². The maximum Gasteiger partial charge on any atom is 1.00 e. The van der Waals surface area contributed by atoms with Crippen LogP contribution in [0.25, 0.3) is 10.8 Å². The Morgan fingerprint density at radius 2 is 1.48 bits per heavy atom. The van der Waals surface area contributed by atoms with Gasteiger partial charge in [0.05, 0.1) is 9.79 Å². The Kier molecular flexibility index (Phi) is 8.73. The van der Waals surface area contributed by atoms with E-state index in [0.29, 0.717) is 0 Å². The van der Waals surface area contributed by atoms with Crippen LogP contribution < -0.4 is 108 Å². The van der Waals surface area contributed by atoms with Crippen molar-refractivity contribution in [3.8, 4) is 5.75 Å². The van der Waals surface area contributed by atoms with Crippen molar-refractivity contribution in [3.05, 3.63) is 30.3 Å². The van der Waals surface area contributed by atoms with E-state index in [-0.39, 0.29) is 114 Å². The minimum absolute atomic E-state index is 0. The van der Waals surface area contributed by atoms with Gasteiger partial charge in [-0.25, -0.2) is 8.42 Å². The van der Waals surface area contributed by atoms with Crippen LogP contribution in [-0.4, -0.2) is 25.9 Å². The Labute approximate surface area is 206 Å². The molecule has 11 heteroatoms. The van der Waals surface area contributed by atoms with Crippen LogP contribution in [0.2, 0.25) is 0 Å². The second kappa shape index (κ2) is 8.11. The SMILES string of the molecule is O=S(=O)([O-])c1ccc2ccc([O-])c(S(=O)(=O)O)c2c1.[K+].[K+]. The molecule has 0 spiro atoms. The topological polar surface area (TPSA) is 135 Å². The minimum Gasteiger partial charge on any atom is -0.872 e. The summed E-state index contributed by atoms with van der Waals surface area (Å²) in [4.78, 5) is -1.63. The summed E-state index contributed by atoms with van der Waals surface area (Å²) in [6.45, 7) is 0. The van der Waals surface area contributed by atoms with Crippen molar-refractivity contribution in [1.82, 2.24) is 0 Å². The van der Waals surface area contributed by atoms with E-state index in [4.69, 9.17) is 4.55 Å². The average molecular weight is 380 g/mol. The minimum atomic E-state index is -4.83. The molecule has 0 amide bonds. The smallest absolute Gasteiger partial charge is 0.872 e. The van der Waals surface area contributed by atoms with Crippen LogP contribution in [-0.2, 0) is 20.2 Å². The quantitative estimate of drug-likeness (QED) is 0.405. The van der Waals surface area contributed by atoms with Gasteiger partial charge in [0, 0.05) is 5.39 Å². The molecule has 2 rings (SSSR count). The van der Waals surface area contributed by atoms with Crippen molar-refractivity contribution in [2.45, 2.75) is 9.79 Å². The summed E-state index contributed by atoms with van der Waals surface area (Å²) in [5, 5.41) is 11.4. The molecule has 21 heavy (non-hydrogen) atoms. The third-order valence-corrected chi connectivity index (χ3v) is 4.22. The molecule has 7 nitrogen and oxygen atoms in total. The Morgan fingerprint density at radius 3 is 1.95 bits per heavy atom. The predicted octanol–water partition coefficient (Wildman–Crippen LogP) is -5.93. The molecule has 0 aliphatic rings. The molecule has 0 heterocycles. The van der Waals surface area contributed by atoms with E-state index >= 15 is 0 Å². The second-order valence-electron chi connectivity index (χ2n) is 3.70. The molecular formula is C10H6K2O7S2. The molecular weight excluding hydrogens is 374 g/mol. The zero-order chi connectivity index (χ0) is 14.4. The van der Waals surface area contributed by atoms with Gasteiger partial charge >= 0.3 is 103 Å². The van der Waals surface area contributed by atoms with E-state index in [1.807, 2.05) is 0 Å². The molecule has 0 saturated carbocycles. The van der Waals surface area contributed by atoms with E-state index in [1.165, 1.54) is 12.1 Å². The summed E-state index contributed by atoms with van der Waals surface area (Å²) in [6, 6.07) is 5.10. The maximum atomic E-state index is 11.5. The molecule has 0 aliphatic heterocycles. The van der Waals surface area contributed by atoms with Crippen molar-refractivity contribution in [3.63, 3.8) is 0 Å². The summed E-state index contributed by atoms with van der Waals surface area (Å²) in [7, 11) is -9.63. The molecule has 2 aromatic carbocycles. The van der Waals surface area contributed by atoms with Gasteiger partial charge in [-0.05, 0) is 17.5 Å². The first-order valence-electron chi connectivity index (χ1n) is 4.78. The van der Waals surface area contributed by atoms with Crippen molar-refractivity contribution in [1.29, 1.82) is 0 Å². The van der Waals surface area contributed by atoms with E-state index in [1.54, 1.807) is 0 Å². The number of benzene rings is 2. The molecule has 0 aliphatic carbocycles. The number of fused-ring (bicyclic) bond motifs is 1. The van der Waals surface area contributed by atoms with Crippen LogP contribution in [0.15, 0.2) is 40.1 Å². The Bertz CT molecular complexity index is 876. The monoisotopic (exact) mass is 380 g/mol. The van der Waals surface area contributed by atoms with Crippen molar-refractivity contribution >= 4 is 31.0 Å². The fourth-order valence-electron chi connectivity index (χ4n) is 1.67. The zero-order valence-corrected chi connectivity index (χ0v) is 19.0. The summed E-state index contributed by atoms with van der Waals surface area (Å²) >= 11 is 0. The fraction of sp³-hybridized carbons (Fsp3) is 0. The van der Waals surface area contributed by atoms with Gasteiger partial charge in [-0.1, -0.05) is 23.9 Å². The maximum absolute atomic E-state index is 11.5. The van der Waals surface area contributed by atoms with Gasteiger partial charge in [-0.2, -0.15) is 8.42 Å². The normalized spacial score (nSPS) is 11.5. The van der Waals surface area contributed by atoms with E-state index < -0.39 is 35.8 Å². The zero-order valence-electron chi connectivity index (χ0n) is 11.1. The molecule has 0 atom stereocenters.